The van der Waals surface area contributed by atoms with Crippen LogP contribution in [0.2, 0.25) is 0 Å². The van der Waals surface area contributed by atoms with Crippen LogP contribution in [0.15, 0.2) is 24.3 Å². The summed E-state index contributed by atoms with van der Waals surface area (Å²) in [6, 6.07) is 8.50. The number of hydrogen-bond acceptors (Lipinski definition) is 1. The summed E-state index contributed by atoms with van der Waals surface area (Å²) in [4.78, 5) is 0. The first-order chi connectivity index (χ1) is 7.70. The van der Waals surface area contributed by atoms with Crippen molar-refractivity contribution < 1.29 is 5.11 Å². The van der Waals surface area contributed by atoms with Gasteiger partial charge in [-0.15, -0.1) is 0 Å². The van der Waals surface area contributed by atoms with E-state index in [1.807, 2.05) is 0 Å². The van der Waals surface area contributed by atoms with Crippen LogP contribution in [-0.2, 0) is 6.42 Å². The molecule has 1 aromatic carbocycles. The smallest absolute Gasteiger partial charge is 0.0651 e. The summed E-state index contributed by atoms with van der Waals surface area (Å²) in [5.74, 6) is 0. The fourth-order valence-electron chi connectivity index (χ4n) is 2.72. The Kier molecular flexibility index (Phi) is 3.65. The van der Waals surface area contributed by atoms with Crippen LogP contribution in [0.25, 0.3) is 0 Å². The molecule has 0 unspecified atom stereocenters. The SMILES string of the molecule is Cc1ccccc1CCC1(O)CCCCC1. The topological polar surface area (TPSA) is 20.2 Å². The van der Waals surface area contributed by atoms with E-state index in [1.54, 1.807) is 0 Å². The van der Waals surface area contributed by atoms with Crippen molar-refractivity contribution in [2.24, 2.45) is 0 Å². The highest BCUT2D eigenvalue weighted by molar-refractivity contribution is 5.25. The average Bonchev–Trinajstić information content (AvgIpc) is 2.29. The zero-order chi connectivity index (χ0) is 11.4. The van der Waals surface area contributed by atoms with E-state index < -0.39 is 0 Å². The maximum Gasteiger partial charge on any atom is 0.0651 e. The minimum absolute atomic E-state index is 0.374. The highest BCUT2D eigenvalue weighted by Crippen LogP contribution is 2.32. The summed E-state index contributed by atoms with van der Waals surface area (Å²) in [5, 5.41) is 10.4. The highest BCUT2D eigenvalue weighted by atomic mass is 16.3. The Morgan fingerprint density at radius 3 is 2.50 bits per heavy atom. The summed E-state index contributed by atoms with van der Waals surface area (Å²) >= 11 is 0. The molecule has 0 amide bonds. The molecule has 1 N–H and O–H groups in total. The highest BCUT2D eigenvalue weighted by Gasteiger charge is 2.28. The molecular formula is C15H22O. The zero-order valence-corrected chi connectivity index (χ0v) is 10.2. The zero-order valence-electron chi connectivity index (χ0n) is 10.2. The quantitative estimate of drug-likeness (QED) is 0.821. The van der Waals surface area contributed by atoms with Gasteiger partial charge in [-0.05, 0) is 43.7 Å². The van der Waals surface area contributed by atoms with Crippen molar-refractivity contribution in [2.45, 2.75) is 57.5 Å². The molecule has 1 aromatic rings. The fraction of sp³-hybridized carbons (Fsp3) is 0.600. The number of rotatable bonds is 3. The van der Waals surface area contributed by atoms with Gasteiger partial charge in [0.05, 0.1) is 5.60 Å². The minimum Gasteiger partial charge on any atom is -0.390 e. The van der Waals surface area contributed by atoms with Crippen LogP contribution < -0.4 is 0 Å². The maximum absolute atomic E-state index is 10.4. The molecule has 16 heavy (non-hydrogen) atoms. The Bertz CT molecular complexity index is 337. The van der Waals surface area contributed by atoms with Gasteiger partial charge in [0.2, 0.25) is 0 Å². The minimum atomic E-state index is -0.374. The molecule has 88 valence electrons. The van der Waals surface area contributed by atoms with Gasteiger partial charge < -0.3 is 5.11 Å². The van der Waals surface area contributed by atoms with Gasteiger partial charge in [-0.1, -0.05) is 43.5 Å². The Labute approximate surface area is 98.5 Å². The normalized spacial score (nSPS) is 19.6. The molecule has 0 aliphatic heterocycles. The third-order valence-corrected chi connectivity index (χ3v) is 3.91. The molecule has 0 heterocycles. The van der Waals surface area contributed by atoms with Gasteiger partial charge in [0, 0.05) is 0 Å². The lowest BCUT2D eigenvalue weighted by Crippen LogP contribution is -2.31. The predicted molar refractivity (Wildman–Crippen MR) is 67.5 cm³/mol. The van der Waals surface area contributed by atoms with Crippen molar-refractivity contribution in [3.63, 3.8) is 0 Å². The molecule has 0 saturated heterocycles. The summed E-state index contributed by atoms with van der Waals surface area (Å²) in [7, 11) is 0. The summed E-state index contributed by atoms with van der Waals surface area (Å²) < 4.78 is 0. The van der Waals surface area contributed by atoms with Gasteiger partial charge >= 0.3 is 0 Å². The lowest BCUT2D eigenvalue weighted by atomic mass is 9.80. The van der Waals surface area contributed by atoms with Crippen molar-refractivity contribution in [3.05, 3.63) is 35.4 Å². The second-order valence-electron chi connectivity index (χ2n) is 5.21. The molecular weight excluding hydrogens is 196 g/mol. The predicted octanol–water partition coefficient (Wildman–Crippen LogP) is 3.62. The van der Waals surface area contributed by atoms with Crippen LogP contribution in [0.3, 0.4) is 0 Å². The van der Waals surface area contributed by atoms with E-state index in [2.05, 4.69) is 31.2 Å². The molecule has 2 rings (SSSR count). The van der Waals surface area contributed by atoms with Gasteiger partial charge in [-0.2, -0.15) is 0 Å². The fourth-order valence-corrected chi connectivity index (χ4v) is 2.72. The Morgan fingerprint density at radius 2 is 1.81 bits per heavy atom. The summed E-state index contributed by atoms with van der Waals surface area (Å²) in [5.41, 5.74) is 2.36. The van der Waals surface area contributed by atoms with Gasteiger partial charge in [-0.25, -0.2) is 0 Å². The van der Waals surface area contributed by atoms with Gasteiger partial charge in [0.1, 0.15) is 0 Å². The number of aliphatic hydroxyl groups is 1. The van der Waals surface area contributed by atoms with Crippen molar-refractivity contribution in [1.82, 2.24) is 0 Å². The second-order valence-corrected chi connectivity index (χ2v) is 5.21. The Balaban J connectivity index is 1.94. The van der Waals surface area contributed by atoms with Crippen molar-refractivity contribution >= 4 is 0 Å². The van der Waals surface area contributed by atoms with Crippen molar-refractivity contribution in [1.29, 1.82) is 0 Å². The van der Waals surface area contributed by atoms with Crippen LogP contribution in [0, 0.1) is 6.92 Å². The third kappa shape index (κ3) is 2.85. The van der Waals surface area contributed by atoms with Crippen LogP contribution in [0.5, 0.6) is 0 Å². The first kappa shape index (κ1) is 11.7. The number of benzene rings is 1. The van der Waals surface area contributed by atoms with E-state index in [9.17, 15) is 5.11 Å². The van der Waals surface area contributed by atoms with Gasteiger partial charge in [0.15, 0.2) is 0 Å². The van der Waals surface area contributed by atoms with Crippen LogP contribution in [-0.4, -0.2) is 10.7 Å². The third-order valence-electron chi connectivity index (χ3n) is 3.91. The number of hydrogen-bond donors (Lipinski definition) is 1. The molecule has 1 aliphatic carbocycles. The van der Waals surface area contributed by atoms with E-state index in [1.165, 1.54) is 30.4 Å². The average molecular weight is 218 g/mol. The van der Waals surface area contributed by atoms with E-state index in [-0.39, 0.29) is 5.60 Å². The molecule has 0 bridgehead atoms. The van der Waals surface area contributed by atoms with Gasteiger partial charge in [-0.3, -0.25) is 0 Å². The summed E-state index contributed by atoms with van der Waals surface area (Å²) in [6.07, 6.45) is 7.64. The Hall–Kier alpha value is -0.820. The summed E-state index contributed by atoms with van der Waals surface area (Å²) in [6.45, 7) is 2.15. The molecule has 1 fully saturated rings. The molecule has 1 saturated carbocycles. The van der Waals surface area contributed by atoms with Crippen molar-refractivity contribution in [3.8, 4) is 0 Å². The standard InChI is InChI=1S/C15H22O/c1-13-7-3-4-8-14(13)9-12-15(16)10-5-2-6-11-15/h3-4,7-8,16H,2,5-6,9-12H2,1H3. The number of aryl methyl sites for hydroxylation is 2. The molecule has 1 aliphatic rings. The van der Waals surface area contributed by atoms with E-state index in [0.29, 0.717) is 0 Å². The molecule has 0 radical (unpaired) electrons. The maximum atomic E-state index is 10.4. The molecule has 0 aromatic heterocycles. The first-order valence-corrected chi connectivity index (χ1v) is 6.47. The van der Waals surface area contributed by atoms with Crippen LogP contribution in [0.1, 0.15) is 49.7 Å². The largest absolute Gasteiger partial charge is 0.390 e. The molecule has 1 heteroatoms. The molecule has 1 nitrogen and oxygen atoms in total. The molecule has 0 spiro atoms. The first-order valence-electron chi connectivity index (χ1n) is 6.47. The van der Waals surface area contributed by atoms with Gasteiger partial charge in [0.25, 0.3) is 0 Å². The van der Waals surface area contributed by atoms with Crippen LogP contribution in [0.4, 0.5) is 0 Å². The monoisotopic (exact) mass is 218 g/mol. The van der Waals surface area contributed by atoms with E-state index in [0.717, 1.165) is 25.7 Å². The van der Waals surface area contributed by atoms with E-state index in [4.69, 9.17) is 0 Å². The molecule has 0 atom stereocenters. The van der Waals surface area contributed by atoms with Crippen LogP contribution >= 0.6 is 0 Å². The lowest BCUT2D eigenvalue weighted by molar-refractivity contribution is -0.00344. The Morgan fingerprint density at radius 1 is 1.12 bits per heavy atom. The van der Waals surface area contributed by atoms with Crippen molar-refractivity contribution in [2.75, 3.05) is 0 Å². The second kappa shape index (κ2) is 5.01. The van der Waals surface area contributed by atoms with E-state index >= 15 is 0 Å². The lowest BCUT2D eigenvalue weighted by Gasteiger charge is -2.32.